The first-order chi connectivity index (χ1) is 20.2. The molecule has 0 aliphatic rings. The summed E-state index contributed by atoms with van der Waals surface area (Å²) in [6.07, 6.45) is 2.12. The standard InChI is InChI=1S/C34H46O9/c1-9-31(37)40-22-26(36)19-33(7,11-3)42-30-16-14-28(18-24(30)6)41-29-15-13-27(17-23(29)5)39-21-25(35)20-34(8,12-4)43-32(38)10-2/h9-10,13-18,25-26,35-36H,1-2,11-12,19-22H2,3-8H3. The number of hydrogen-bond donors (Lipinski definition) is 2. The summed E-state index contributed by atoms with van der Waals surface area (Å²) >= 11 is 0. The molecule has 0 spiro atoms. The highest BCUT2D eigenvalue weighted by Crippen LogP contribution is 2.34. The third-order valence-electron chi connectivity index (χ3n) is 7.25. The molecule has 0 aromatic heterocycles. The molecule has 0 amide bonds. The highest BCUT2D eigenvalue weighted by Gasteiger charge is 2.30. The molecular weight excluding hydrogens is 552 g/mol. The van der Waals surface area contributed by atoms with E-state index in [1.807, 2.05) is 58.9 Å². The molecule has 0 bridgehead atoms. The number of aryl methyl sites for hydroxylation is 2. The van der Waals surface area contributed by atoms with Crippen molar-refractivity contribution in [2.75, 3.05) is 13.2 Å². The average Bonchev–Trinajstić information content (AvgIpc) is 2.97. The van der Waals surface area contributed by atoms with Gasteiger partial charge in [-0.1, -0.05) is 27.0 Å². The Morgan fingerprint density at radius 3 is 1.93 bits per heavy atom. The topological polar surface area (TPSA) is 121 Å². The molecule has 2 aromatic carbocycles. The normalized spacial score (nSPS) is 15.2. The summed E-state index contributed by atoms with van der Waals surface area (Å²) in [6.45, 7) is 18.0. The van der Waals surface area contributed by atoms with Gasteiger partial charge in [-0.05, 0) is 88.1 Å². The summed E-state index contributed by atoms with van der Waals surface area (Å²) in [7, 11) is 0. The second-order valence-corrected chi connectivity index (χ2v) is 11.2. The molecule has 0 aliphatic carbocycles. The van der Waals surface area contributed by atoms with Crippen LogP contribution in [0.1, 0.15) is 64.5 Å². The zero-order valence-corrected chi connectivity index (χ0v) is 26.2. The van der Waals surface area contributed by atoms with Crippen LogP contribution < -0.4 is 14.2 Å². The van der Waals surface area contributed by atoms with E-state index in [0.29, 0.717) is 35.8 Å². The van der Waals surface area contributed by atoms with E-state index in [4.69, 9.17) is 23.7 Å². The first kappa shape index (κ1) is 35.4. The largest absolute Gasteiger partial charge is 0.491 e. The fourth-order valence-corrected chi connectivity index (χ4v) is 4.36. The molecule has 4 unspecified atom stereocenters. The number of rotatable bonds is 18. The number of benzene rings is 2. The van der Waals surface area contributed by atoms with Crippen molar-refractivity contribution in [2.45, 2.75) is 90.6 Å². The van der Waals surface area contributed by atoms with Gasteiger partial charge in [-0.15, -0.1) is 0 Å². The minimum absolute atomic E-state index is 0.0369. The van der Waals surface area contributed by atoms with Gasteiger partial charge in [0.1, 0.15) is 47.4 Å². The average molecular weight is 599 g/mol. The van der Waals surface area contributed by atoms with Crippen LogP contribution in [0.4, 0.5) is 0 Å². The first-order valence-electron chi connectivity index (χ1n) is 14.5. The summed E-state index contributed by atoms with van der Waals surface area (Å²) in [5.74, 6) is 1.39. The summed E-state index contributed by atoms with van der Waals surface area (Å²) in [5, 5.41) is 20.9. The van der Waals surface area contributed by atoms with Crippen molar-refractivity contribution in [3.05, 3.63) is 72.8 Å². The number of ether oxygens (including phenoxy) is 5. The van der Waals surface area contributed by atoms with Gasteiger partial charge in [0.05, 0.1) is 12.2 Å². The van der Waals surface area contributed by atoms with Crippen LogP contribution >= 0.6 is 0 Å². The van der Waals surface area contributed by atoms with Gasteiger partial charge in [0.15, 0.2) is 0 Å². The van der Waals surface area contributed by atoms with Crippen LogP contribution in [-0.4, -0.2) is 58.8 Å². The highest BCUT2D eigenvalue weighted by atomic mass is 16.6. The minimum Gasteiger partial charge on any atom is -0.491 e. The van der Waals surface area contributed by atoms with Crippen LogP contribution in [0, 0.1) is 13.8 Å². The SMILES string of the molecule is C=CC(=O)OCC(O)CC(C)(CC)Oc1ccc(Oc2ccc(OCC(O)CC(C)(CC)OC(=O)C=C)cc2C)cc1C. The minimum atomic E-state index is -0.881. The van der Waals surface area contributed by atoms with Crippen LogP contribution in [0.3, 0.4) is 0 Å². The van der Waals surface area contributed by atoms with E-state index in [0.717, 1.165) is 23.3 Å². The van der Waals surface area contributed by atoms with E-state index < -0.39 is 35.3 Å². The van der Waals surface area contributed by atoms with Gasteiger partial charge in [-0.2, -0.15) is 0 Å². The van der Waals surface area contributed by atoms with Crippen LogP contribution in [0.5, 0.6) is 23.0 Å². The smallest absolute Gasteiger partial charge is 0.330 e. The van der Waals surface area contributed by atoms with Crippen molar-refractivity contribution in [3.63, 3.8) is 0 Å². The number of esters is 2. The Hall–Kier alpha value is -3.82. The van der Waals surface area contributed by atoms with Crippen molar-refractivity contribution in [1.82, 2.24) is 0 Å². The lowest BCUT2D eigenvalue weighted by atomic mass is 9.95. The fraction of sp³-hybridized carbons (Fsp3) is 0.471. The van der Waals surface area contributed by atoms with Gasteiger partial charge in [0.25, 0.3) is 0 Å². The molecule has 9 nitrogen and oxygen atoms in total. The van der Waals surface area contributed by atoms with Crippen molar-refractivity contribution in [2.24, 2.45) is 0 Å². The van der Waals surface area contributed by atoms with Crippen LogP contribution in [0.15, 0.2) is 61.7 Å². The summed E-state index contributed by atoms with van der Waals surface area (Å²) in [6, 6.07) is 10.9. The molecule has 43 heavy (non-hydrogen) atoms. The molecule has 0 fully saturated rings. The Kier molecular flexibility index (Phi) is 13.3. The van der Waals surface area contributed by atoms with E-state index in [1.165, 1.54) is 0 Å². The first-order valence-corrected chi connectivity index (χ1v) is 14.5. The lowest BCUT2D eigenvalue weighted by Gasteiger charge is -2.32. The van der Waals surface area contributed by atoms with Crippen LogP contribution in [0.2, 0.25) is 0 Å². The van der Waals surface area contributed by atoms with Gasteiger partial charge < -0.3 is 33.9 Å². The van der Waals surface area contributed by atoms with Crippen LogP contribution in [0.25, 0.3) is 0 Å². The van der Waals surface area contributed by atoms with Crippen molar-refractivity contribution < 1.29 is 43.5 Å². The summed E-state index contributed by atoms with van der Waals surface area (Å²) in [4.78, 5) is 22.9. The second kappa shape index (κ2) is 16.1. The van der Waals surface area contributed by atoms with E-state index in [9.17, 15) is 19.8 Å². The zero-order valence-electron chi connectivity index (χ0n) is 26.2. The molecule has 2 rings (SSSR count). The summed E-state index contributed by atoms with van der Waals surface area (Å²) < 4.78 is 28.6. The zero-order chi connectivity index (χ0) is 32.2. The van der Waals surface area contributed by atoms with Crippen molar-refractivity contribution in [3.8, 4) is 23.0 Å². The highest BCUT2D eigenvalue weighted by molar-refractivity contribution is 5.81. The van der Waals surface area contributed by atoms with E-state index in [1.54, 1.807) is 19.1 Å². The van der Waals surface area contributed by atoms with Crippen molar-refractivity contribution >= 4 is 11.9 Å². The third kappa shape index (κ3) is 11.4. The lowest BCUT2D eigenvalue weighted by Crippen LogP contribution is -2.37. The van der Waals surface area contributed by atoms with Crippen molar-refractivity contribution in [1.29, 1.82) is 0 Å². The number of hydrogen-bond acceptors (Lipinski definition) is 9. The maximum Gasteiger partial charge on any atom is 0.330 e. The number of carbonyl (C=O) groups is 2. The Bertz CT molecular complexity index is 1260. The molecule has 2 aromatic rings. The Morgan fingerprint density at radius 2 is 1.35 bits per heavy atom. The summed E-state index contributed by atoms with van der Waals surface area (Å²) in [5.41, 5.74) is 0.194. The predicted molar refractivity (Wildman–Crippen MR) is 165 cm³/mol. The Morgan fingerprint density at radius 1 is 0.814 bits per heavy atom. The molecule has 0 aliphatic heterocycles. The molecular formula is C34H46O9. The van der Waals surface area contributed by atoms with Gasteiger partial charge in [-0.25, -0.2) is 9.59 Å². The maximum absolute atomic E-state index is 11.6. The molecule has 236 valence electrons. The number of carbonyl (C=O) groups excluding carboxylic acids is 2. The monoisotopic (exact) mass is 598 g/mol. The second-order valence-electron chi connectivity index (χ2n) is 11.2. The predicted octanol–water partition coefficient (Wildman–Crippen LogP) is 6.15. The molecule has 0 heterocycles. The lowest BCUT2D eigenvalue weighted by molar-refractivity contribution is -0.155. The molecule has 4 atom stereocenters. The molecule has 2 N–H and O–H groups in total. The van der Waals surface area contributed by atoms with E-state index in [2.05, 4.69) is 13.2 Å². The fourth-order valence-electron chi connectivity index (χ4n) is 4.36. The molecule has 0 saturated heterocycles. The quantitative estimate of drug-likeness (QED) is 0.154. The maximum atomic E-state index is 11.6. The van der Waals surface area contributed by atoms with E-state index in [-0.39, 0.29) is 26.1 Å². The molecule has 9 heteroatoms. The third-order valence-corrected chi connectivity index (χ3v) is 7.25. The van der Waals surface area contributed by atoms with E-state index >= 15 is 0 Å². The van der Waals surface area contributed by atoms with Gasteiger partial charge in [-0.3, -0.25) is 0 Å². The van der Waals surface area contributed by atoms with Gasteiger partial charge in [0, 0.05) is 25.0 Å². The Labute approximate surface area is 255 Å². The van der Waals surface area contributed by atoms with Gasteiger partial charge >= 0.3 is 11.9 Å². The number of aliphatic hydroxyl groups is 2. The van der Waals surface area contributed by atoms with Crippen LogP contribution in [-0.2, 0) is 19.1 Å². The van der Waals surface area contributed by atoms with Gasteiger partial charge in [0.2, 0.25) is 0 Å². The Balaban J connectivity index is 1.99. The molecule has 0 saturated carbocycles. The molecule has 0 radical (unpaired) electrons. The number of aliphatic hydroxyl groups excluding tert-OH is 2.